The molecule has 1 aromatic carbocycles. The van der Waals surface area contributed by atoms with Crippen molar-refractivity contribution in [1.29, 1.82) is 0 Å². The molecule has 0 bridgehead atoms. The predicted octanol–water partition coefficient (Wildman–Crippen LogP) is 6.75. The standard InChI is InChI=1S/C22H32F2O.2H2/c1-15-3-5-16(6-4-15)17-7-9-18(10-8-17)20-12-11-19(13-14-25-2)21(23)22(20)24;;/h11-12,15-18H,3-10,13-14H2,1-2H3;2*1H. The SMILES string of the molecule is COCCc1ccc(C2CCC(C3CCC(C)CC3)CC2)c(F)c1F.[HH].[HH]. The van der Waals surface area contributed by atoms with E-state index in [1.807, 2.05) is 6.07 Å². The van der Waals surface area contributed by atoms with Gasteiger partial charge < -0.3 is 4.74 Å². The first-order chi connectivity index (χ1) is 12.1. The van der Waals surface area contributed by atoms with Gasteiger partial charge in [-0.15, -0.1) is 0 Å². The Labute approximate surface area is 154 Å². The van der Waals surface area contributed by atoms with Crippen LogP contribution in [0.15, 0.2) is 12.1 Å². The quantitative estimate of drug-likeness (QED) is 0.568. The highest BCUT2D eigenvalue weighted by atomic mass is 19.2. The molecule has 0 unspecified atom stereocenters. The molecule has 0 heterocycles. The summed E-state index contributed by atoms with van der Waals surface area (Å²) in [6.07, 6.45) is 10.3. The maximum atomic E-state index is 14.6. The Morgan fingerprint density at radius 3 is 2.12 bits per heavy atom. The van der Waals surface area contributed by atoms with Crippen molar-refractivity contribution in [3.63, 3.8) is 0 Å². The number of benzene rings is 1. The average Bonchev–Trinajstić information content (AvgIpc) is 2.64. The zero-order chi connectivity index (χ0) is 17.8. The fourth-order valence-electron chi connectivity index (χ4n) is 4.98. The number of hydrogen-bond donors (Lipinski definition) is 0. The molecule has 0 radical (unpaired) electrons. The first-order valence-electron chi connectivity index (χ1n) is 10.1. The van der Waals surface area contributed by atoms with E-state index in [4.69, 9.17) is 4.74 Å². The van der Waals surface area contributed by atoms with Gasteiger partial charge in [-0.25, -0.2) is 8.78 Å². The molecular weight excluding hydrogens is 318 g/mol. The third-order valence-electron chi connectivity index (χ3n) is 6.71. The molecule has 0 aromatic heterocycles. The van der Waals surface area contributed by atoms with Gasteiger partial charge in [-0.3, -0.25) is 0 Å². The molecule has 0 spiro atoms. The van der Waals surface area contributed by atoms with Crippen LogP contribution in [0.5, 0.6) is 0 Å². The molecule has 2 aliphatic carbocycles. The topological polar surface area (TPSA) is 9.23 Å². The van der Waals surface area contributed by atoms with Crippen LogP contribution in [-0.4, -0.2) is 13.7 Å². The van der Waals surface area contributed by atoms with Crippen LogP contribution in [0.3, 0.4) is 0 Å². The molecule has 25 heavy (non-hydrogen) atoms. The second kappa shape index (κ2) is 8.62. The van der Waals surface area contributed by atoms with E-state index in [2.05, 4.69) is 6.92 Å². The van der Waals surface area contributed by atoms with Crippen LogP contribution in [0, 0.1) is 29.4 Å². The molecule has 3 heteroatoms. The van der Waals surface area contributed by atoms with Crippen molar-refractivity contribution < 1.29 is 16.4 Å². The summed E-state index contributed by atoms with van der Waals surface area (Å²) >= 11 is 0. The Bertz CT molecular complexity index is 566. The van der Waals surface area contributed by atoms with Gasteiger partial charge in [0.05, 0.1) is 6.61 Å². The van der Waals surface area contributed by atoms with E-state index < -0.39 is 11.6 Å². The lowest BCUT2D eigenvalue weighted by Gasteiger charge is -2.37. The second-order valence-corrected chi connectivity index (χ2v) is 8.32. The van der Waals surface area contributed by atoms with Crippen LogP contribution in [-0.2, 0) is 11.2 Å². The summed E-state index contributed by atoms with van der Waals surface area (Å²) in [6.45, 7) is 2.78. The number of ether oxygens (including phenoxy) is 1. The van der Waals surface area contributed by atoms with E-state index >= 15 is 0 Å². The summed E-state index contributed by atoms with van der Waals surface area (Å²) in [5, 5.41) is 0. The molecule has 2 aliphatic rings. The van der Waals surface area contributed by atoms with Gasteiger partial charge in [0, 0.05) is 9.96 Å². The van der Waals surface area contributed by atoms with Crippen molar-refractivity contribution in [2.75, 3.05) is 13.7 Å². The number of hydrogen-bond acceptors (Lipinski definition) is 1. The fraction of sp³-hybridized carbons (Fsp3) is 0.727. The van der Waals surface area contributed by atoms with E-state index in [1.54, 1.807) is 13.2 Å². The minimum absolute atomic E-state index is 0. The largest absolute Gasteiger partial charge is 0.384 e. The van der Waals surface area contributed by atoms with Gasteiger partial charge in [-0.1, -0.05) is 31.9 Å². The Kier molecular flexibility index (Phi) is 6.49. The maximum absolute atomic E-state index is 14.6. The van der Waals surface area contributed by atoms with E-state index in [1.165, 1.54) is 38.5 Å². The fourth-order valence-corrected chi connectivity index (χ4v) is 4.98. The number of halogens is 2. The lowest BCUT2D eigenvalue weighted by molar-refractivity contribution is 0.164. The molecular formula is C22H36F2O. The summed E-state index contributed by atoms with van der Waals surface area (Å²) in [7, 11) is 1.58. The summed E-state index contributed by atoms with van der Waals surface area (Å²) in [6, 6.07) is 3.57. The van der Waals surface area contributed by atoms with Crippen molar-refractivity contribution in [3.8, 4) is 0 Å². The van der Waals surface area contributed by atoms with E-state index in [-0.39, 0.29) is 8.77 Å². The van der Waals surface area contributed by atoms with Crippen molar-refractivity contribution in [2.24, 2.45) is 17.8 Å². The zero-order valence-electron chi connectivity index (χ0n) is 15.7. The second-order valence-electron chi connectivity index (χ2n) is 8.32. The molecule has 1 nitrogen and oxygen atoms in total. The minimum Gasteiger partial charge on any atom is -0.384 e. The van der Waals surface area contributed by atoms with Crippen LogP contribution in [0.25, 0.3) is 0 Å². The maximum Gasteiger partial charge on any atom is 0.162 e. The van der Waals surface area contributed by atoms with Crippen LogP contribution in [0.1, 0.15) is 78.2 Å². The molecule has 2 fully saturated rings. The van der Waals surface area contributed by atoms with Crippen molar-refractivity contribution in [1.82, 2.24) is 0 Å². The molecule has 0 N–H and O–H groups in total. The van der Waals surface area contributed by atoms with Gasteiger partial charge in [0.2, 0.25) is 0 Å². The normalized spacial score (nSPS) is 30.4. The summed E-state index contributed by atoms with van der Waals surface area (Å²) < 4.78 is 33.8. The first-order valence-corrected chi connectivity index (χ1v) is 10.1. The van der Waals surface area contributed by atoms with Crippen LogP contribution < -0.4 is 0 Å². The highest BCUT2D eigenvalue weighted by Crippen LogP contribution is 2.44. The average molecular weight is 355 g/mol. The van der Waals surface area contributed by atoms with Gasteiger partial charge in [0.1, 0.15) is 0 Å². The molecule has 3 rings (SSSR count). The van der Waals surface area contributed by atoms with Crippen molar-refractivity contribution in [2.45, 2.75) is 70.6 Å². The smallest absolute Gasteiger partial charge is 0.162 e. The van der Waals surface area contributed by atoms with E-state index in [0.717, 1.165) is 30.6 Å². The van der Waals surface area contributed by atoms with Crippen LogP contribution in [0.4, 0.5) is 8.78 Å². The Balaban J connectivity index is 0.00000182. The molecule has 1 aromatic rings. The van der Waals surface area contributed by atoms with Gasteiger partial charge in [-0.2, -0.15) is 0 Å². The number of rotatable bonds is 5. The number of methoxy groups -OCH3 is 1. The molecule has 2 saturated carbocycles. The Morgan fingerprint density at radius 1 is 0.920 bits per heavy atom. The lowest BCUT2D eigenvalue weighted by atomic mass is 9.68. The molecule has 0 atom stereocenters. The van der Waals surface area contributed by atoms with E-state index in [9.17, 15) is 8.78 Å². The van der Waals surface area contributed by atoms with Gasteiger partial charge in [0.15, 0.2) is 11.6 Å². The van der Waals surface area contributed by atoms with Gasteiger partial charge >= 0.3 is 0 Å². The first kappa shape index (κ1) is 18.8. The van der Waals surface area contributed by atoms with Crippen LogP contribution in [0.2, 0.25) is 0 Å². The minimum atomic E-state index is -0.669. The van der Waals surface area contributed by atoms with Gasteiger partial charge in [0.25, 0.3) is 0 Å². The summed E-state index contributed by atoms with van der Waals surface area (Å²) in [5.41, 5.74) is 1.02. The summed E-state index contributed by atoms with van der Waals surface area (Å²) in [5.74, 6) is 1.46. The van der Waals surface area contributed by atoms with Crippen LogP contribution >= 0.6 is 0 Å². The highest BCUT2D eigenvalue weighted by molar-refractivity contribution is 5.29. The Hall–Kier alpha value is -0.960. The molecule has 0 aliphatic heterocycles. The molecule has 144 valence electrons. The third kappa shape index (κ3) is 4.42. The van der Waals surface area contributed by atoms with E-state index in [0.29, 0.717) is 24.2 Å². The lowest BCUT2D eigenvalue weighted by Crippen LogP contribution is -2.25. The van der Waals surface area contributed by atoms with Gasteiger partial charge in [-0.05, 0) is 79.7 Å². The predicted molar refractivity (Wildman–Crippen MR) is 102 cm³/mol. The highest BCUT2D eigenvalue weighted by Gasteiger charge is 2.31. The van der Waals surface area contributed by atoms with Crippen molar-refractivity contribution >= 4 is 0 Å². The zero-order valence-corrected chi connectivity index (χ0v) is 15.7. The van der Waals surface area contributed by atoms with Crippen molar-refractivity contribution in [3.05, 3.63) is 34.9 Å². The monoisotopic (exact) mass is 354 g/mol. The molecule has 0 saturated heterocycles. The summed E-state index contributed by atoms with van der Waals surface area (Å²) in [4.78, 5) is 0. The molecule has 0 amide bonds. The third-order valence-corrected chi connectivity index (χ3v) is 6.71. The Morgan fingerprint density at radius 2 is 1.52 bits per heavy atom.